The normalized spacial score (nSPS) is 14.1. The van der Waals surface area contributed by atoms with Gasteiger partial charge in [-0.15, -0.1) is 0 Å². The maximum absolute atomic E-state index is 12.7. The number of carbonyl (C=O) groups excluding carboxylic acids is 1. The first kappa shape index (κ1) is 19.4. The maximum atomic E-state index is 12.7. The van der Waals surface area contributed by atoms with E-state index >= 15 is 0 Å². The summed E-state index contributed by atoms with van der Waals surface area (Å²) in [6.07, 6.45) is 1.50. The van der Waals surface area contributed by atoms with Gasteiger partial charge in [0.2, 0.25) is 23.0 Å². The Hall–Kier alpha value is -3.89. The van der Waals surface area contributed by atoms with E-state index in [0.717, 1.165) is 0 Å². The standard InChI is InChI=1S/C19H22N6O5/c1-28-12-10-11-14(15(26)16(12)29-2)17(20)23-18(21-11)24-5-7-25(8-6-24)19(27)22-13-4-3-9-30-13/h3-4,9-10H,5-8,20H2,1-2H3,(H,21,23)(H,22,27). The highest BCUT2D eigenvalue weighted by Crippen LogP contribution is 2.33. The van der Waals surface area contributed by atoms with Crippen molar-refractivity contribution in [2.45, 2.75) is 0 Å². The number of amides is 2. The molecule has 0 radical (unpaired) electrons. The first-order valence-electron chi connectivity index (χ1n) is 9.30. The fourth-order valence-corrected chi connectivity index (χ4v) is 3.44. The molecule has 4 N–H and O–H groups in total. The summed E-state index contributed by atoms with van der Waals surface area (Å²) in [5.74, 6) is 1.40. The summed E-state index contributed by atoms with van der Waals surface area (Å²) in [7, 11) is 2.86. The molecule has 0 atom stereocenters. The van der Waals surface area contributed by atoms with Gasteiger partial charge in [0.25, 0.3) is 0 Å². The predicted molar refractivity (Wildman–Crippen MR) is 111 cm³/mol. The van der Waals surface area contributed by atoms with E-state index in [1.54, 1.807) is 23.1 Å². The number of hydrogen-bond acceptors (Lipinski definition) is 8. The second kappa shape index (κ2) is 7.85. The van der Waals surface area contributed by atoms with Crippen molar-refractivity contribution in [3.8, 4) is 22.8 Å². The van der Waals surface area contributed by atoms with Gasteiger partial charge < -0.3 is 34.4 Å². The van der Waals surface area contributed by atoms with E-state index < -0.39 is 0 Å². The highest BCUT2D eigenvalue weighted by Gasteiger charge is 2.26. The number of nitrogen functional groups attached to an aromatic ring is 1. The quantitative estimate of drug-likeness (QED) is 0.583. The molecule has 0 aromatic carbocycles. The second-order valence-electron chi connectivity index (χ2n) is 6.69. The van der Waals surface area contributed by atoms with Gasteiger partial charge in [-0.1, -0.05) is 0 Å². The number of aromatic amines is 1. The number of aromatic nitrogens is 2. The fraction of sp³-hybridized carbons (Fsp3) is 0.316. The number of nitrogens with one attached hydrogen (secondary N) is 2. The minimum absolute atomic E-state index is 0.0795. The minimum Gasteiger partial charge on any atom is -0.493 e. The van der Waals surface area contributed by atoms with Crippen molar-refractivity contribution in [3.63, 3.8) is 0 Å². The highest BCUT2D eigenvalue weighted by atomic mass is 16.5. The van der Waals surface area contributed by atoms with Gasteiger partial charge in [-0.25, -0.2) is 4.79 Å². The number of fused-ring (bicyclic) bond motifs is 1. The third-order valence-electron chi connectivity index (χ3n) is 4.97. The molecule has 0 saturated carbocycles. The minimum atomic E-state index is -0.390. The van der Waals surface area contributed by atoms with E-state index in [9.17, 15) is 9.59 Å². The Morgan fingerprint density at radius 2 is 2.03 bits per heavy atom. The average Bonchev–Trinajstić information content (AvgIpc) is 3.26. The summed E-state index contributed by atoms with van der Waals surface area (Å²) in [5.41, 5.74) is 6.44. The number of urea groups is 1. The third kappa shape index (κ3) is 3.45. The number of ether oxygens (including phenoxy) is 2. The number of benzene rings is 1. The van der Waals surface area contributed by atoms with Gasteiger partial charge in [-0.2, -0.15) is 4.98 Å². The number of H-pyrrole nitrogens is 1. The van der Waals surface area contributed by atoms with Crippen LogP contribution in [0, 0.1) is 0 Å². The van der Waals surface area contributed by atoms with Crippen molar-refractivity contribution in [3.05, 3.63) is 34.7 Å². The first-order chi connectivity index (χ1) is 14.5. The number of carbonyl (C=O) groups is 1. The molecule has 1 aliphatic carbocycles. The fourth-order valence-electron chi connectivity index (χ4n) is 3.44. The second-order valence-corrected chi connectivity index (χ2v) is 6.69. The number of anilines is 3. The summed E-state index contributed by atoms with van der Waals surface area (Å²) in [5, 5.41) is 2.71. The molecule has 158 valence electrons. The lowest BCUT2D eigenvalue weighted by molar-refractivity contribution is 0.207. The Balaban J connectivity index is 1.54. The molecule has 3 aliphatic rings. The summed E-state index contributed by atoms with van der Waals surface area (Å²) in [6.45, 7) is 2.05. The van der Waals surface area contributed by atoms with E-state index in [-0.39, 0.29) is 28.6 Å². The number of piperazine rings is 1. The van der Waals surface area contributed by atoms with Gasteiger partial charge in [0.15, 0.2) is 5.75 Å². The lowest BCUT2D eigenvalue weighted by atomic mass is 10.1. The molecular formula is C19H22N6O5. The molecule has 0 bridgehead atoms. The predicted octanol–water partition coefficient (Wildman–Crippen LogP) is 1.42. The van der Waals surface area contributed by atoms with Crippen molar-refractivity contribution < 1.29 is 18.7 Å². The van der Waals surface area contributed by atoms with Crippen LogP contribution in [0.15, 0.2) is 33.7 Å². The van der Waals surface area contributed by atoms with E-state index in [4.69, 9.17) is 19.6 Å². The molecule has 11 nitrogen and oxygen atoms in total. The molecule has 4 rings (SSSR count). The zero-order valence-corrected chi connectivity index (χ0v) is 16.6. The van der Waals surface area contributed by atoms with Gasteiger partial charge in [-0.05, 0) is 6.07 Å². The molecule has 1 saturated heterocycles. The molecule has 2 aliphatic heterocycles. The zero-order valence-electron chi connectivity index (χ0n) is 16.6. The SMILES string of the molecule is COc1cc2[nH]c(N3CCN(C(=O)Nc4ccco4)CC3)nc(N)c-2c(=O)c1OC. The van der Waals surface area contributed by atoms with Crippen LogP contribution in [0.5, 0.6) is 11.5 Å². The van der Waals surface area contributed by atoms with Crippen LogP contribution in [0.3, 0.4) is 0 Å². The number of furan rings is 1. The van der Waals surface area contributed by atoms with Crippen LogP contribution in [0.2, 0.25) is 0 Å². The number of hydrogen-bond donors (Lipinski definition) is 3. The van der Waals surface area contributed by atoms with Gasteiger partial charge in [0.05, 0.1) is 31.7 Å². The number of rotatable bonds is 4. The Labute approximate surface area is 171 Å². The molecule has 11 heteroatoms. The average molecular weight is 414 g/mol. The van der Waals surface area contributed by atoms with Crippen molar-refractivity contribution in [2.75, 3.05) is 56.3 Å². The van der Waals surface area contributed by atoms with Crippen molar-refractivity contribution in [2.24, 2.45) is 0 Å². The Morgan fingerprint density at radius 1 is 1.27 bits per heavy atom. The molecule has 1 aromatic rings. The number of nitrogens with two attached hydrogens (primary N) is 1. The topological polar surface area (TPSA) is 139 Å². The highest BCUT2D eigenvalue weighted by molar-refractivity contribution is 5.88. The smallest absolute Gasteiger partial charge is 0.324 e. The Bertz CT molecular complexity index is 1070. The van der Waals surface area contributed by atoms with Crippen LogP contribution in [-0.4, -0.2) is 61.3 Å². The summed E-state index contributed by atoms with van der Waals surface area (Å²) >= 11 is 0. The molecule has 0 spiro atoms. The van der Waals surface area contributed by atoms with Crippen molar-refractivity contribution >= 4 is 23.7 Å². The van der Waals surface area contributed by atoms with Crippen LogP contribution in [-0.2, 0) is 0 Å². The largest absolute Gasteiger partial charge is 0.493 e. The maximum Gasteiger partial charge on any atom is 0.324 e. The van der Waals surface area contributed by atoms with E-state index in [2.05, 4.69) is 15.3 Å². The molecule has 2 amide bonds. The summed E-state index contributed by atoms with van der Waals surface area (Å²) in [4.78, 5) is 36.2. The van der Waals surface area contributed by atoms with Gasteiger partial charge in [0.1, 0.15) is 5.82 Å². The molecule has 3 heterocycles. The molecule has 30 heavy (non-hydrogen) atoms. The molecule has 1 aromatic heterocycles. The van der Waals surface area contributed by atoms with Gasteiger partial charge >= 0.3 is 6.03 Å². The lowest BCUT2D eigenvalue weighted by Gasteiger charge is -2.35. The van der Waals surface area contributed by atoms with Crippen molar-refractivity contribution in [1.29, 1.82) is 0 Å². The van der Waals surface area contributed by atoms with Crippen LogP contribution in [0.25, 0.3) is 11.3 Å². The van der Waals surface area contributed by atoms with E-state index in [0.29, 0.717) is 49.5 Å². The molecular weight excluding hydrogens is 392 g/mol. The van der Waals surface area contributed by atoms with Crippen LogP contribution >= 0.6 is 0 Å². The van der Waals surface area contributed by atoms with Gasteiger partial charge in [0, 0.05) is 38.3 Å². The Kier molecular flexibility index (Phi) is 5.09. The summed E-state index contributed by atoms with van der Waals surface area (Å²) < 4.78 is 15.6. The summed E-state index contributed by atoms with van der Waals surface area (Å²) in [6, 6.07) is 4.81. The van der Waals surface area contributed by atoms with Gasteiger partial charge in [-0.3, -0.25) is 10.1 Å². The molecule has 0 unspecified atom stereocenters. The van der Waals surface area contributed by atoms with Crippen LogP contribution < -0.4 is 30.9 Å². The zero-order chi connectivity index (χ0) is 21.3. The monoisotopic (exact) mass is 414 g/mol. The van der Waals surface area contributed by atoms with E-state index in [1.807, 2.05) is 4.90 Å². The molecule has 1 fully saturated rings. The van der Waals surface area contributed by atoms with E-state index in [1.165, 1.54) is 20.5 Å². The first-order valence-corrected chi connectivity index (χ1v) is 9.30. The van der Waals surface area contributed by atoms with Crippen LogP contribution in [0.4, 0.5) is 22.4 Å². The van der Waals surface area contributed by atoms with Crippen molar-refractivity contribution in [1.82, 2.24) is 14.9 Å². The third-order valence-corrected chi connectivity index (χ3v) is 4.97. The number of nitrogens with zero attached hydrogens (tertiary/aromatic N) is 3. The lowest BCUT2D eigenvalue weighted by Crippen LogP contribution is -2.50. The number of methoxy groups -OCH3 is 2. The Morgan fingerprint density at radius 3 is 2.67 bits per heavy atom. The van der Waals surface area contributed by atoms with Crippen LogP contribution in [0.1, 0.15) is 0 Å².